The lowest BCUT2D eigenvalue weighted by Crippen LogP contribution is -2.45. The van der Waals surface area contributed by atoms with Crippen molar-refractivity contribution in [2.24, 2.45) is 0 Å². The first kappa shape index (κ1) is 23.3. The minimum Gasteiger partial charge on any atom is -0.444 e. The largest absolute Gasteiger partial charge is 0.444 e. The molecule has 2 heterocycles. The number of carbonyl (C=O) groups excluding carboxylic acids is 1. The van der Waals surface area contributed by atoms with E-state index in [1.165, 1.54) is 12.1 Å². The van der Waals surface area contributed by atoms with Gasteiger partial charge in [0.2, 0.25) is 0 Å². The van der Waals surface area contributed by atoms with Crippen molar-refractivity contribution in [1.82, 2.24) is 14.5 Å². The predicted octanol–water partition coefficient (Wildman–Crippen LogP) is 5.62. The van der Waals surface area contributed by atoms with Crippen molar-refractivity contribution in [2.75, 3.05) is 6.54 Å². The summed E-state index contributed by atoms with van der Waals surface area (Å²) >= 11 is 6.49. The highest BCUT2D eigenvalue weighted by Gasteiger charge is 2.36. The van der Waals surface area contributed by atoms with E-state index in [0.29, 0.717) is 31.1 Å². The molecule has 2 aromatic rings. The number of alkyl halides is 2. The number of benzene rings is 1. The molecule has 1 aliphatic rings. The lowest BCUT2D eigenvalue weighted by molar-refractivity contribution is -0.0498. The molecule has 0 aliphatic carbocycles. The Morgan fingerprint density at radius 3 is 2.52 bits per heavy atom. The summed E-state index contributed by atoms with van der Waals surface area (Å²) in [5.41, 5.74) is 1.14. The quantitative estimate of drug-likeness (QED) is 0.566. The molecular formula is C22H28ClF2N3O3. The minimum atomic E-state index is -2.86. The zero-order chi connectivity index (χ0) is 22.8. The van der Waals surface area contributed by atoms with Crippen molar-refractivity contribution >= 4 is 17.7 Å². The van der Waals surface area contributed by atoms with E-state index in [0.717, 1.165) is 23.5 Å². The second-order valence-corrected chi connectivity index (χ2v) is 8.82. The van der Waals surface area contributed by atoms with Crippen LogP contribution in [0, 0.1) is 0 Å². The Kier molecular flexibility index (Phi) is 7.09. The van der Waals surface area contributed by atoms with E-state index in [2.05, 4.69) is 14.3 Å². The Hall–Kier alpha value is -2.35. The molecule has 0 radical (unpaired) electrons. The predicted molar refractivity (Wildman–Crippen MR) is 114 cm³/mol. The third-order valence-electron chi connectivity index (χ3n) is 5.10. The normalized spacial score (nSPS) is 16.4. The number of ether oxygens (including phenoxy) is 2. The number of imidazole rings is 1. The zero-order valence-corrected chi connectivity index (χ0v) is 19.0. The highest BCUT2D eigenvalue weighted by Crippen LogP contribution is 2.36. The fourth-order valence-electron chi connectivity index (χ4n) is 3.80. The third-order valence-corrected chi connectivity index (χ3v) is 5.37. The molecule has 1 aliphatic heterocycles. The number of rotatable bonds is 6. The molecule has 0 N–H and O–H groups in total. The van der Waals surface area contributed by atoms with Gasteiger partial charge in [-0.05, 0) is 51.3 Å². The maximum absolute atomic E-state index is 12.9. The molecule has 3 rings (SSSR count). The molecule has 0 saturated carbocycles. The van der Waals surface area contributed by atoms with Gasteiger partial charge in [-0.25, -0.2) is 9.78 Å². The van der Waals surface area contributed by atoms with E-state index in [4.69, 9.17) is 16.3 Å². The number of hydrogen-bond donors (Lipinski definition) is 0. The molecule has 1 unspecified atom stereocenters. The molecule has 31 heavy (non-hydrogen) atoms. The second-order valence-electron chi connectivity index (χ2n) is 8.46. The monoisotopic (exact) mass is 455 g/mol. The molecule has 1 amide bonds. The zero-order valence-electron chi connectivity index (χ0n) is 18.2. The first-order valence-electron chi connectivity index (χ1n) is 10.4. The summed E-state index contributed by atoms with van der Waals surface area (Å²) in [6.07, 6.45) is 1.55. The molecule has 1 aromatic heterocycles. The van der Waals surface area contributed by atoms with Crippen molar-refractivity contribution in [3.05, 3.63) is 46.5 Å². The molecule has 6 nitrogen and oxygen atoms in total. The molecule has 9 heteroatoms. The van der Waals surface area contributed by atoms with Crippen molar-refractivity contribution in [1.29, 1.82) is 0 Å². The van der Waals surface area contributed by atoms with E-state index in [9.17, 15) is 13.6 Å². The van der Waals surface area contributed by atoms with Crippen LogP contribution >= 0.6 is 11.6 Å². The van der Waals surface area contributed by atoms with Crippen molar-refractivity contribution < 1.29 is 23.0 Å². The highest BCUT2D eigenvalue weighted by atomic mass is 35.5. The van der Waals surface area contributed by atoms with Gasteiger partial charge in [-0.2, -0.15) is 8.78 Å². The van der Waals surface area contributed by atoms with Crippen molar-refractivity contribution in [3.8, 4) is 5.75 Å². The molecule has 0 fully saturated rings. The molecule has 0 spiro atoms. The summed E-state index contributed by atoms with van der Waals surface area (Å²) in [6.45, 7) is 5.76. The van der Waals surface area contributed by atoms with Gasteiger partial charge in [0.1, 0.15) is 17.2 Å². The van der Waals surface area contributed by atoms with Crippen LogP contribution in [-0.2, 0) is 24.1 Å². The lowest BCUT2D eigenvalue weighted by atomic mass is 10.0. The molecule has 0 bridgehead atoms. The van der Waals surface area contributed by atoms with Crippen LogP contribution in [0.5, 0.6) is 5.75 Å². The summed E-state index contributed by atoms with van der Waals surface area (Å²) in [5, 5.41) is 0.399. The summed E-state index contributed by atoms with van der Waals surface area (Å²) in [7, 11) is 0. The number of aryl methyl sites for hydroxylation is 2. The number of carbonyl (C=O) groups is 1. The van der Waals surface area contributed by atoms with E-state index in [1.807, 2.05) is 27.7 Å². The molecule has 1 aromatic carbocycles. The van der Waals surface area contributed by atoms with Gasteiger partial charge in [-0.1, -0.05) is 30.7 Å². The Labute approximate surface area is 186 Å². The number of aromatic nitrogens is 2. The second kappa shape index (κ2) is 9.42. The van der Waals surface area contributed by atoms with Gasteiger partial charge in [-0.3, -0.25) is 4.90 Å². The lowest BCUT2D eigenvalue weighted by Gasteiger charge is -2.38. The van der Waals surface area contributed by atoms with Crippen LogP contribution < -0.4 is 4.74 Å². The van der Waals surface area contributed by atoms with Crippen LogP contribution in [0.2, 0.25) is 5.15 Å². The summed E-state index contributed by atoms with van der Waals surface area (Å²) in [4.78, 5) is 19.1. The Morgan fingerprint density at radius 1 is 1.26 bits per heavy atom. The number of amides is 1. The average Bonchev–Trinajstić information content (AvgIpc) is 3.01. The van der Waals surface area contributed by atoms with Crippen LogP contribution in [0.15, 0.2) is 24.3 Å². The first-order chi connectivity index (χ1) is 14.6. The summed E-state index contributed by atoms with van der Waals surface area (Å²) < 4.78 is 36.9. The highest BCUT2D eigenvalue weighted by molar-refractivity contribution is 6.30. The SMILES string of the molecule is CCc1nc(Cl)c2n1CCN(C(=O)OC(C)(C)C)C2CCc1ccc(OC(F)F)cc1. The standard InChI is InChI=1S/C22H28ClF2N3O3/c1-5-17-26-19(23)18-16(11-8-14-6-9-15(10-7-14)30-20(24)25)27(12-13-28(17)18)21(29)31-22(2,3)4/h6-7,9-10,16,20H,5,8,11-13H2,1-4H3. The Morgan fingerprint density at radius 2 is 1.94 bits per heavy atom. The van der Waals surface area contributed by atoms with Gasteiger partial charge in [0, 0.05) is 19.5 Å². The maximum Gasteiger partial charge on any atom is 0.410 e. The average molecular weight is 456 g/mol. The van der Waals surface area contributed by atoms with Crippen LogP contribution in [0.4, 0.5) is 13.6 Å². The third kappa shape index (κ3) is 5.67. The smallest absolute Gasteiger partial charge is 0.410 e. The van der Waals surface area contributed by atoms with Gasteiger partial charge in [0.25, 0.3) is 0 Å². The number of nitrogens with zero attached hydrogens (tertiary/aromatic N) is 3. The number of fused-ring (bicyclic) bond motifs is 1. The van der Waals surface area contributed by atoms with Crippen LogP contribution in [0.25, 0.3) is 0 Å². The van der Waals surface area contributed by atoms with Gasteiger partial charge < -0.3 is 14.0 Å². The van der Waals surface area contributed by atoms with Gasteiger partial charge in [0.15, 0.2) is 5.15 Å². The van der Waals surface area contributed by atoms with E-state index in [-0.39, 0.29) is 17.9 Å². The first-order valence-corrected chi connectivity index (χ1v) is 10.7. The van der Waals surface area contributed by atoms with Gasteiger partial charge >= 0.3 is 12.7 Å². The fraction of sp³-hybridized carbons (Fsp3) is 0.545. The molecule has 0 saturated heterocycles. The Balaban J connectivity index is 1.83. The topological polar surface area (TPSA) is 56.6 Å². The number of halogens is 3. The van der Waals surface area contributed by atoms with Gasteiger partial charge in [0.05, 0.1) is 11.7 Å². The van der Waals surface area contributed by atoms with Crippen LogP contribution in [-0.4, -0.2) is 39.3 Å². The fourth-order valence-corrected chi connectivity index (χ4v) is 4.13. The molecule has 170 valence electrons. The Bertz CT molecular complexity index is 910. The summed E-state index contributed by atoms with van der Waals surface area (Å²) in [6, 6.07) is 6.21. The maximum atomic E-state index is 12.9. The van der Waals surface area contributed by atoms with E-state index >= 15 is 0 Å². The van der Waals surface area contributed by atoms with Crippen molar-refractivity contribution in [3.63, 3.8) is 0 Å². The van der Waals surface area contributed by atoms with E-state index < -0.39 is 12.2 Å². The van der Waals surface area contributed by atoms with Gasteiger partial charge in [-0.15, -0.1) is 0 Å². The minimum absolute atomic E-state index is 0.112. The molecular weight excluding hydrogens is 428 g/mol. The van der Waals surface area contributed by atoms with Crippen LogP contribution in [0.3, 0.4) is 0 Å². The van der Waals surface area contributed by atoms with Crippen LogP contribution in [0.1, 0.15) is 57.2 Å². The molecule has 1 atom stereocenters. The number of hydrogen-bond acceptors (Lipinski definition) is 4. The van der Waals surface area contributed by atoms with Crippen molar-refractivity contribution in [2.45, 2.75) is 71.8 Å². The van der Waals surface area contributed by atoms with E-state index in [1.54, 1.807) is 17.0 Å². The summed E-state index contributed by atoms with van der Waals surface area (Å²) in [5.74, 6) is 1.00.